The molecule has 0 saturated carbocycles. The second-order valence-corrected chi connectivity index (χ2v) is 33.6. The summed E-state index contributed by atoms with van der Waals surface area (Å²) < 4.78 is 0. The van der Waals surface area contributed by atoms with E-state index < -0.39 is 16.1 Å². The van der Waals surface area contributed by atoms with E-state index in [1.165, 1.54) is 66.8 Å². The first-order valence-electron chi connectivity index (χ1n) is 22.2. The third-order valence-electron chi connectivity index (χ3n) is 11.8. The molecule has 0 nitrogen and oxygen atoms in total. The summed E-state index contributed by atoms with van der Waals surface area (Å²) in [6.45, 7) is 42.5. The topological polar surface area (TPSA) is 0 Å². The first-order chi connectivity index (χ1) is 27.5. The first-order valence-corrected chi connectivity index (χ1v) is 29.2. The standard InChI is InChI=1S/C32H34.C26H42Si2/c1-31(2,3)29-19-25(23-13-9-7-10-14-23)17-27(21-29)28-18-26(24-15-11-8-12-16-24)20-30(22-28)32(4,5)6;1-25(2,3)21-13-19(15-23(17-21)27(7,8)9)20-14-22(26(4,5)6)18-24(16-20)28(10,11)12/h7-22H,1-6H3;13-18H,1-12H3. The summed E-state index contributed by atoms with van der Waals surface area (Å²) >= 11 is 0. The maximum Gasteiger partial charge on any atom is 0.0776 e. The van der Waals surface area contributed by atoms with Crippen molar-refractivity contribution in [3.05, 3.63) is 156 Å². The highest BCUT2D eigenvalue weighted by Crippen LogP contribution is 2.38. The van der Waals surface area contributed by atoms with Crippen LogP contribution in [0, 0.1) is 0 Å². The average Bonchev–Trinajstić information content (AvgIpc) is 3.16. The largest absolute Gasteiger partial charge is 0.0776 e. The molecule has 0 radical (unpaired) electrons. The fourth-order valence-corrected chi connectivity index (χ4v) is 9.72. The second-order valence-electron chi connectivity index (χ2n) is 23.4. The van der Waals surface area contributed by atoms with Crippen LogP contribution in [0.4, 0.5) is 0 Å². The highest BCUT2D eigenvalue weighted by molar-refractivity contribution is 6.89. The Bertz CT molecular complexity index is 2150. The van der Waals surface area contributed by atoms with Gasteiger partial charge in [-0.05, 0) is 101 Å². The summed E-state index contributed by atoms with van der Waals surface area (Å²) in [5.41, 5.74) is 16.5. The molecule has 6 aromatic carbocycles. The highest BCUT2D eigenvalue weighted by Gasteiger charge is 2.26. The van der Waals surface area contributed by atoms with Gasteiger partial charge in [0.2, 0.25) is 0 Å². The molecule has 0 bridgehead atoms. The van der Waals surface area contributed by atoms with Crippen LogP contribution in [-0.2, 0) is 21.7 Å². The molecule has 6 rings (SSSR count). The Kier molecular flexibility index (Phi) is 13.5. The Morgan fingerprint density at radius 2 is 0.467 bits per heavy atom. The Labute approximate surface area is 369 Å². The van der Waals surface area contributed by atoms with Crippen molar-refractivity contribution in [3.63, 3.8) is 0 Å². The van der Waals surface area contributed by atoms with E-state index in [2.05, 4.69) is 256 Å². The molecule has 0 fully saturated rings. The zero-order chi connectivity index (χ0) is 44.6. The minimum Gasteiger partial charge on any atom is -0.0656 e. The van der Waals surface area contributed by atoms with Crippen LogP contribution in [0.15, 0.2) is 133 Å². The maximum atomic E-state index is 2.48. The lowest BCUT2D eigenvalue weighted by atomic mass is 9.81. The van der Waals surface area contributed by atoms with Crippen LogP contribution in [0.3, 0.4) is 0 Å². The van der Waals surface area contributed by atoms with Gasteiger partial charge in [0.05, 0.1) is 16.1 Å². The minimum atomic E-state index is -1.40. The lowest BCUT2D eigenvalue weighted by molar-refractivity contribution is 0.589. The van der Waals surface area contributed by atoms with Gasteiger partial charge in [-0.15, -0.1) is 0 Å². The first kappa shape index (κ1) is 46.8. The third kappa shape index (κ3) is 12.0. The smallest absolute Gasteiger partial charge is 0.0656 e. The SMILES string of the molecule is CC(C)(C)c1cc(-c2cc(C(C)(C)C)cc([Si](C)(C)C)c2)cc([Si](C)(C)C)c1.CC(C)(C)c1cc(-c2ccccc2)cc(-c2cc(-c3ccccc3)cc(C(C)(C)C)c2)c1. The summed E-state index contributed by atoms with van der Waals surface area (Å²) in [4.78, 5) is 0. The van der Waals surface area contributed by atoms with Gasteiger partial charge >= 0.3 is 0 Å². The fourth-order valence-electron chi connectivity index (χ4n) is 7.37. The van der Waals surface area contributed by atoms with E-state index in [1.54, 1.807) is 10.4 Å². The maximum absolute atomic E-state index is 2.48. The predicted molar refractivity (Wildman–Crippen MR) is 275 cm³/mol. The van der Waals surface area contributed by atoms with Crippen molar-refractivity contribution in [2.24, 2.45) is 0 Å². The molecule has 0 amide bonds. The zero-order valence-corrected chi connectivity index (χ0v) is 42.7. The Morgan fingerprint density at radius 3 is 0.700 bits per heavy atom. The van der Waals surface area contributed by atoms with Gasteiger partial charge in [0.1, 0.15) is 0 Å². The monoisotopic (exact) mass is 829 g/mol. The summed E-state index contributed by atoms with van der Waals surface area (Å²) in [6, 6.07) is 50.4. The van der Waals surface area contributed by atoms with Gasteiger partial charge in [-0.2, -0.15) is 0 Å². The Balaban J connectivity index is 0.000000230. The Morgan fingerprint density at radius 1 is 0.250 bits per heavy atom. The zero-order valence-electron chi connectivity index (χ0n) is 40.7. The van der Waals surface area contributed by atoms with Crippen LogP contribution < -0.4 is 10.4 Å². The van der Waals surface area contributed by atoms with Gasteiger partial charge in [-0.1, -0.05) is 254 Å². The summed E-state index contributed by atoms with van der Waals surface area (Å²) in [7, 11) is -2.80. The highest BCUT2D eigenvalue weighted by atomic mass is 28.3. The van der Waals surface area contributed by atoms with Gasteiger partial charge < -0.3 is 0 Å². The van der Waals surface area contributed by atoms with Gasteiger partial charge in [-0.3, -0.25) is 0 Å². The van der Waals surface area contributed by atoms with E-state index in [4.69, 9.17) is 0 Å². The molecule has 0 unspecified atom stereocenters. The molecular weight excluding hydrogens is 753 g/mol. The molecule has 6 aromatic rings. The second kappa shape index (κ2) is 17.3. The van der Waals surface area contributed by atoms with Crippen molar-refractivity contribution < 1.29 is 0 Å². The van der Waals surface area contributed by atoms with Crippen molar-refractivity contribution in [2.75, 3.05) is 0 Å². The minimum absolute atomic E-state index is 0.0729. The normalized spacial score (nSPS) is 12.8. The molecule has 60 heavy (non-hydrogen) atoms. The van der Waals surface area contributed by atoms with Crippen LogP contribution in [0.2, 0.25) is 39.3 Å². The molecule has 2 heteroatoms. The van der Waals surface area contributed by atoms with E-state index in [9.17, 15) is 0 Å². The quantitative estimate of drug-likeness (QED) is 0.147. The average molecular weight is 829 g/mol. The van der Waals surface area contributed by atoms with Crippen LogP contribution in [0.1, 0.15) is 105 Å². The molecule has 316 valence electrons. The van der Waals surface area contributed by atoms with E-state index >= 15 is 0 Å². The van der Waals surface area contributed by atoms with E-state index in [1.807, 2.05) is 0 Å². The number of rotatable bonds is 6. The molecule has 0 atom stereocenters. The van der Waals surface area contributed by atoms with Gasteiger partial charge in [0, 0.05) is 0 Å². The fraction of sp³-hybridized carbons (Fsp3) is 0.379. The lowest BCUT2D eigenvalue weighted by Gasteiger charge is -2.27. The summed E-state index contributed by atoms with van der Waals surface area (Å²) in [5, 5.41) is 3.12. The van der Waals surface area contributed by atoms with Crippen LogP contribution >= 0.6 is 0 Å². The molecule has 0 spiro atoms. The van der Waals surface area contributed by atoms with E-state index in [0.29, 0.717) is 0 Å². The third-order valence-corrected chi connectivity index (χ3v) is 15.9. The molecule has 0 heterocycles. The molecule has 0 saturated heterocycles. The molecular formula is C58H76Si2. The summed E-state index contributed by atoms with van der Waals surface area (Å²) in [6.07, 6.45) is 0. The molecule has 0 aliphatic heterocycles. The van der Waals surface area contributed by atoms with E-state index in [-0.39, 0.29) is 21.7 Å². The number of hydrogen-bond acceptors (Lipinski definition) is 0. The summed E-state index contributed by atoms with van der Waals surface area (Å²) in [5.74, 6) is 0. The molecule has 0 aliphatic carbocycles. The van der Waals surface area contributed by atoms with Crippen LogP contribution in [-0.4, -0.2) is 16.1 Å². The van der Waals surface area contributed by atoms with Crippen molar-refractivity contribution in [2.45, 2.75) is 144 Å². The van der Waals surface area contributed by atoms with Crippen molar-refractivity contribution in [1.82, 2.24) is 0 Å². The Hall–Kier alpha value is -4.25. The number of hydrogen-bond donors (Lipinski definition) is 0. The number of benzene rings is 6. The van der Waals surface area contributed by atoms with Crippen molar-refractivity contribution >= 4 is 26.5 Å². The molecule has 0 aromatic heterocycles. The van der Waals surface area contributed by atoms with E-state index in [0.717, 1.165) is 0 Å². The van der Waals surface area contributed by atoms with Crippen molar-refractivity contribution in [3.8, 4) is 44.5 Å². The predicted octanol–water partition coefficient (Wildman–Crippen LogP) is 16.3. The van der Waals surface area contributed by atoms with Crippen LogP contribution in [0.25, 0.3) is 44.5 Å². The van der Waals surface area contributed by atoms with Gasteiger partial charge in [0.15, 0.2) is 0 Å². The van der Waals surface area contributed by atoms with Gasteiger partial charge in [-0.25, -0.2) is 0 Å². The van der Waals surface area contributed by atoms with Crippen molar-refractivity contribution in [1.29, 1.82) is 0 Å². The van der Waals surface area contributed by atoms with Crippen LogP contribution in [0.5, 0.6) is 0 Å². The molecule has 0 N–H and O–H groups in total. The lowest BCUT2D eigenvalue weighted by Crippen LogP contribution is -2.39. The molecule has 0 aliphatic rings. The van der Waals surface area contributed by atoms with Gasteiger partial charge in [0.25, 0.3) is 0 Å².